The van der Waals surface area contributed by atoms with Crippen LogP contribution in [0.4, 0.5) is 5.69 Å². The summed E-state index contributed by atoms with van der Waals surface area (Å²) in [6.07, 6.45) is 4.39. The lowest BCUT2D eigenvalue weighted by atomic mass is 9.86. The molecule has 0 bridgehead atoms. The van der Waals surface area contributed by atoms with Gasteiger partial charge in [0.1, 0.15) is 5.75 Å². The molecule has 0 heterocycles. The number of nitrogens with zero attached hydrogens (tertiary/aromatic N) is 1. The molecule has 0 aliphatic heterocycles. The maximum atomic E-state index is 12.9. The van der Waals surface area contributed by atoms with E-state index in [4.69, 9.17) is 33.0 Å². The van der Waals surface area contributed by atoms with Crippen LogP contribution in [0.5, 0.6) is 5.75 Å². The molecule has 1 saturated carbocycles. The number of carbonyl (C=O) groups excluding carboxylic acids is 1. The molecule has 1 amide bonds. The van der Waals surface area contributed by atoms with Gasteiger partial charge in [-0.3, -0.25) is 9.69 Å². The van der Waals surface area contributed by atoms with Gasteiger partial charge < -0.3 is 15.2 Å². The van der Waals surface area contributed by atoms with Crippen molar-refractivity contribution in [3.05, 3.63) is 57.6 Å². The SMILES string of the molecule is Cc1cc(CN(CC(=O)Nc2ccc(Cl)cc2Cl)C2CCC(C)CC2)ccc1OCC(=O)O. The van der Waals surface area contributed by atoms with Gasteiger partial charge in [-0.25, -0.2) is 4.79 Å². The molecule has 2 N–H and O–H groups in total. The molecule has 2 aromatic carbocycles. The van der Waals surface area contributed by atoms with Crippen LogP contribution >= 0.6 is 23.2 Å². The molecule has 3 rings (SSSR count). The Morgan fingerprint density at radius 3 is 2.48 bits per heavy atom. The summed E-state index contributed by atoms with van der Waals surface area (Å²) in [5.41, 5.74) is 2.45. The van der Waals surface area contributed by atoms with Gasteiger partial charge in [-0.1, -0.05) is 42.3 Å². The lowest BCUT2D eigenvalue weighted by molar-refractivity contribution is -0.139. The van der Waals surface area contributed by atoms with Crippen molar-refractivity contribution in [2.75, 3.05) is 18.5 Å². The summed E-state index contributed by atoms with van der Waals surface area (Å²) in [5, 5.41) is 12.7. The molecule has 6 nitrogen and oxygen atoms in total. The van der Waals surface area contributed by atoms with Gasteiger partial charge in [-0.15, -0.1) is 0 Å². The number of halogens is 2. The second-order valence-corrected chi connectivity index (χ2v) is 9.62. The predicted molar refractivity (Wildman–Crippen MR) is 131 cm³/mol. The Hall–Kier alpha value is -2.28. The summed E-state index contributed by atoms with van der Waals surface area (Å²) in [6, 6.07) is 11.0. The zero-order valence-corrected chi connectivity index (χ0v) is 20.5. The summed E-state index contributed by atoms with van der Waals surface area (Å²) in [4.78, 5) is 25.9. The Balaban J connectivity index is 1.72. The minimum atomic E-state index is -1.01. The van der Waals surface area contributed by atoms with E-state index in [0.29, 0.717) is 40.0 Å². The van der Waals surface area contributed by atoms with Crippen molar-refractivity contribution in [3.63, 3.8) is 0 Å². The van der Waals surface area contributed by atoms with Gasteiger partial charge in [0.25, 0.3) is 0 Å². The Labute approximate surface area is 204 Å². The highest BCUT2D eigenvalue weighted by molar-refractivity contribution is 6.36. The molecule has 1 aliphatic carbocycles. The topological polar surface area (TPSA) is 78.9 Å². The van der Waals surface area contributed by atoms with Gasteiger partial charge >= 0.3 is 5.97 Å². The van der Waals surface area contributed by atoms with E-state index in [1.54, 1.807) is 24.3 Å². The van der Waals surface area contributed by atoms with Gasteiger partial charge in [0.2, 0.25) is 5.91 Å². The third-order valence-electron chi connectivity index (χ3n) is 6.03. The van der Waals surface area contributed by atoms with E-state index >= 15 is 0 Å². The number of amides is 1. The first-order valence-electron chi connectivity index (χ1n) is 11.1. The van der Waals surface area contributed by atoms with E-state index in [9.17, 15) is 9.59 Å². The first-order chi connectivity index (χ1) is 15.7. The molecule has 2 aromatic rings. The molecular weight excluding hydrogens is 463 g/mol. The molecule has 1 aliphatic rings. The summed E-state index contributed by atoms with van der Waals surface area (Å²) in [5.74, 6) is 0.117. The van der Waals surface area contributed by atoms with Crippen molar-refractivity contribution in [3.8, 4) is 5.75 Å². The van der Waals surface area contributed by atoms with Crippen LogP contribution in [0.25, 0.3) is 0 Å². The van der Waals surface area contributed by atoms with E-state index in [0.717, 1.165) is 36.8 Å². The second-order valence-electron chi connectivity index (χ2n) is 8.77. The average Bonchev–Trinajstić information content (AvgIpc) is 2.75. The number of hydrogen-bond donors (Lipinski definition) is 2. The zero-order chi connectivity index (χ0) is 24.0. The van der Waals surface area contributed by atoms with Crippen LogP contribution in [0.2, 0.25) is 10.0 Å². The number of rotatable bonds is 9. The quantitative estimate of drug-likeness (QED) is 0.463. The van der Waals surface area contributed by atoms with Crippen LogP contribution < -0.4 is 10.1 Å². The largest absolute Gasteiger partial charge is 0.482 e. The van der Waals surface area contributed by atoms with Gasteiger partial charge in [-0.2, -0.15) is 0 Å². The number of hydrogen-bond acceptors (Lipinski definition) is 4. The lowest BCUT2D eigenvalue weighted by Crippen LogP contribution is -2.42. The van der Waals surface area contributed by atoms with Crippen molar-refractivity contribution in [2.45, 2.75) is 52.1 Å². The third kappa shape index (κ3) is 7.63. The fourth-order valence-corrected chi connectivity index (χ4v) is 4.69. The normalized spacial score (nSPS) is 18.2. The number of aryl methyl sites for hydroxylation is 1. The van der Waals surface area contributed by atoms with E-state index < -0.39 is 5.97 Å². The fraction of sp³-hybridized carbons (Fsp3) is 0.440. The number of ether oxygens (including phenoxy) is 1. The minimum Gasteiger partial charge on any atom is -0.482 e. The summed E-state index contributed by atoms with van der Waals surface area (Å²) in [6.45, 7) is 4.65. The molecule has 1 fully saturated rings. The highest BCUT2D eigenvalue weighted by atomic mass is 35.5. The van der Waals surface area contributed by atoms with Gasteiger partial charge in [0, 0.05) is 17.6 Å². The number of nitrogens with one attached hydrogen (secondary N) is 1. The molecule has 0 aromatic heterocycles. The van der Waals surface area contributed by atoms with Crippen molar-refractivity contribution < 1.29 is 19.4 Å². The average molecular weight is 493 g/mol. The maximum absolute atomic E-state index is 12.9. The highest BCUT2D eigenvalue weighted by Gasteiger charge is 2.26. The monoisotopic (exact) mass is 492 g/mol. The number of benzene rings is 2. The minimum absolute atomic E-state index is 0.129. The first-order valence-corrected chi connectivity index (χ1v) is 11.9. The van der Waals surface area contributed by atoms with Crippen LogP contribution in [0.15, 0.2) is 36.4 Å². The molecule has 178 valence electrons. The molecule has 8 heteroatoms. The molecule has 0 atom stereocenters. The summed E-state index contributed by atoms with van der Waals surface area (Å²) >= 11 is 12.2. The maximum Gasteiger partial charge on any atom is 0.341 e. The van der Waals surface area contributed by atoms with Gasteiger partial charge in [0.15, 0.2) is 6.61 Å². The summed E-state index contributed by atoms with van der Waals surface area (Å²) in [7, 11) is 0. The van der Waals surface area contributed by atoms with E-state index in [1.807, 2.05) is 19.1 Å². The Morgan fingerprint density at radius 1 is 1.12 bits per heavy atom. The Morgan fingerprint density at radius 2 is 1.85 bits per heavy atom. The van der Waals surface area contributed by atoms with Gasteiger partial charge in [-0.05, 0) is 73.9 Å². The molecule has 0 radical (unpaired) electrons. The number of carboxylic acids is 1. The molecule has 33 heavy (non-hydrogen) atoms. The van der Waals surface area contributed by atoms with Crippen molar-refractivity contribution in [1.82, 2.24) is 4.90 Å². The van der Waals surface area contributed by atoms with Crippen LogP contribution in [0.3, 0.4) is 0 Å². The third-order valence-corrected chi connectivity index (χ3v) is 6.58. The molecule has 0 unspecified atom stereocenters. The number of aliphatic carboxylic acids is 1. The summed E-state index contributed by atoms with van der Waals surface area (Å²) < 4.78 is 5.34. The van der Waals surface area contributed by atoms with E-state index in [1.165, 1.54) is 0 Å². The molecule has 0 spiro atoms. The number of carboxylic acid groups (broad SMARTS) is 1. The Kier molecular flexibility index (Phi) is 9.01. The highest BCUT2D eigenvalue weighted by Crippen LogP contribution is 2.30. The van der Waals surface area contributed by atoms with Crippen LogP contribution in [0.1, 0.15) is 43.7 Å². The van der Waals surface area contributed by atoms with Gasteiger partial charge in [0.05, 0.1) is 17.3 Å². The molecular formula is C25H30Cl2N2O4. The first kappa shape index (κ1) is 25.3. The van der Waals surface area contributed by atoms with Crippen LogP contribution in [-0.2, 0) is 16.1 Å². The predicted octanol–water partition coefficient (Wildman–Crippen LogP) is 5.78. The lowest BCUT2D eigenvalue weighted by Gasteiger charge is -2.36. The smallest absolute Gasteiger partial charge is 0.341 e. The number of carbonyl (C=O) groups is 2. The van der Waals surface area contributed by atoms with Crippen molar-refractivity contribution in [2.24, 2.45) is 5.92 Å². The van der Waals surface area contributed by atoms with Crippen LogP contribution in [-0.4, -0.2) is 41.1 Å². The zero-order valence-electron chi connectivity index (χ0n) is 18.9. The number of anilines is 1. The van der Waals surface area contributed by atoms with Crippen molar-refractivity contribution in [1.29, 1.82) is 0 Å². The fourth-order valence-electron chi connectivity index (χ4n) is 4.23. The second kappa shape index (κ2) is 11.7. The molecule has 0 saturated heterocycles. The van der Waals surface area contributed by atoms with E-state index in [2.05, 4.69) is 17.1 Å². The standard InChI is InChI=1S/C25H30Cl2N2O4/c1-16-3-7-20(8-4-16)29(14-24(30)28-22-9-6-19(26)12-21(22)27)13-18-5-10-23(17(2)11-18)33-15-25(31)32/h5-6,9-12,16,20H,3-4,7-8,13-15H2,1-2H3,(H,28,30)(H,31,32). The Bertz CT molecular complexity index is 990. The van der Waals surface area contributed by atoms with Crippen molar-refractivity contribution >= 4 is 40.8 Å². The van der Waals surface area contributed by atoms with Crippen LogP contribution in [0, 0.1) is 12.8 Å². The van der Waals surface area contributed by atoms with E-state index in [-0.39, 0.29) is 19.1 Å².